The maximum atomic E-state index is 12.6. The van der Waals surface area contributed by atoms with Crippen molar-refractivity contribution in [3.63, 3.8) is 0 Å². The Balaban J connectivity index is 1.57. The van der Waals surface area contributed by atoms with Crippen LogP contribution < -0.4 is 16.8 Å². The van der Waals surface area contributed by atoms with Crippen LogP contribution >= 0.6 is 0 Å². The Bertz CT molecular complexity index is 448. The molecular formula is C17H29N3O3. The molecule has 3 rings (SSSR count). The van der Waals surface area contributed by atoms with Gasteiger partial charge >= 0.3 is 0 Å². The number of hydrogen-bond acceptors (Lipinski definition) is 4. The van der Waals surface area contributed by atoms with E-state index in [9.17, 15) is 9.59 Å². The summed E-state index contributed by atoms with van der Waals surface area (Å²) in [6.45, 7) is 1.39. The average molecular weight is 323 g/mol. The summed E-state index contributed by atoms with van der Waals surface area (Å²) in [7, 11) is 0. The first-order chi connectivity index (χ1) is 11.0. The molecule has 6 nitrogen and oxygen atoms in total. The summed E-state index contributed by atoms with van der Waals surface area (Å²) in [4.78, 5) is 24.5. The molecule has 1 heterocycles. The molecule has 2 amide bonds. The minimum absolute atomic E-state index is 0.0369. The lowest BCUT2D eigenvalue weighted by molar-refractivity contribution is -0.135. The predicted molar refractivity (Wildman–Crippen MR) is 86.2 cm³/mol. The van der Waals surface area contributed by atoms with Gasteiger partial charge in [0.1, 0.15) is 0 Å². The van der Waals surface area contributed by atoms with Crippen LogP contribution in [0.5, 0.6) is 0 Å². The minimum Gasteiger partial charge on any atom is -0.381 e. The second-order valence-electron chi connectivity index (χ2n) is 7.67. The van der Waals surface area contributed by atoms with E-state index in [1.807, 2.05) is 0 Å². The van der Waals surface area contributed by atoms with E-state index in [1.54, 1.807) is 0 Å². The standard InChI is InChI=1S/C17H29N3O3/c18-14-11-2-1-3-12(14)9-13(8-11)15(21)20-10-17(16(19)22)4-6-23-7-5-17/h11-14H,1-10,18H2,(H2,19,22)(H,20,21). The Hall–Kier alpha value is -1.14. The Morgan fingerprint density at radius 3 is 2.30 bits per heavy atom. The molecule has 0 aromatic carbocycles. The third-order valence-electron chi connectivity index (χ3n) is 6.36. The molecule has 2 aliphatic carbocycles. The quantitative estimate of drug-likeness (QED) is 0.701. The smallest absolute Gasteiger partial charge is 0.225 e. The normalized spacial score (nSPS) is 36.2. The van der Waals surface area contributed by atoms with E-state index in [0.717, 1.165) is 25.7 Å². The molecule has 0 radical (unpaired) electrons. The fourth-order valence-electron chi connectivity index (χ4n) is 4.68. The number of hydrogen-bond donors (Lipinski definition) is 3. The van der Waals surface area contributed by atoms with Gasteiger partial charge in [-0.25, -0.2) is 0 Å². The SMILES string of the molecule is NC(=O)C1(CNC(=O)C2CC3CCCC(C2)C3N)CCOCC1. The van der Waals surface area contributed by atoms with Gasteiger partial charge in [-0.05, 0) is 50.4 Å². The molecule has 5 N–H and O–H groups in total. The molecule has 1 aliphatic heterocycles. The zero-order chi connectivity index (χ0) is 16.4. The van der Waals surface area contributed by atoms with Crippen molar-refractivity contribution in [2.45, 2.75) is 51.0 Å². The summed E-state index contributed by atoms with van der Waals surface area (Å²) in [5.41, 5.74) is 11.2. The fraction of sp³-hybridized carbons (Fsp3) is 0.882. The van der Waals surface area contributed by atoms with Crippen LogP contribution in [0.2, 0.25) is 0 Å². The van der Waals surface area contributed by atoms with Gasteiger partial charge in [0.25, 0.3) is 0 Å². The monoisotopic (exact) mass is 323 g/mol. The van der Waals surface area contributed by atoms with Crippen LogP contribution in [-0.4, -0.2) is 37.6 Å². The van der Waals surface area contributed by atoms with Crippen molar-refractivity contribution in [2.75, 3.05) is 19.8 Å². The Kier molecular flexibility index (Phi) is 4.92. The van der Waals surface area contributed by atoms with Crippen LogP contribution in [-0.2, 0) is 14.3 Å². The summed E-state index contributed by atoms with van der Waals surface area (Å²) < 4.78 is 5.33. The van der Waals surface area contributed by atoms with Gasteiger partial charge in [0.05, 0.1) is 5.41 Å². The number of primary amides is 1. The molecule has 6 heteroatoms. The van der Waals surface area contributed by atoms with Crippen LogP contribution in [0.3, 0.4) is 0 Å². The van der Waals surface area contributed by atoms with Gasteiger partial charge in [0, 0.05) is 31.7 Å². The van der Waals surface area contributed by atoms with E-state index in [2.05, 4.69) is 5.32 Å². The lowest BCUT2D eigenvalue weighted by Gasteiger charge is -2.43. The van der Waals surface area contributed by atoms with E-state index in [0.29, 0.717) is 44.4 Å². The van der Waals surface area contributed by atoms with Crippen LogP contribution in [0, 0.1) is 23.2 Å². The molecule has 3 fully saturated rings. The zero-order valence-electron chi connectivity index (χ0n) is 13.8. The molecular weight excluding hydrogens is 294 g/mol. The maximum Gasteiger partial charge on any atom is 0.225 e. The minimum atomic E-state index is -0.644. The van der Waals surface area contributed by atoms with Crippen LogP contribution in [0.25, 0.3) is 0 Å². The number of amides is 2. The third kappa shape index (κ3) is 3.38. The van der Waals surface area contributed by atoms with Gasteiger partial charge in [-0.15, -0.1) is 0 Å². The molecule has 1 saturated heterocycles. The van der Waals surface area contributed by atoms with Gasteiger partial charge in [-0.1, -0.05) is 6.42 Å². The molecule has 0 spiro atoms. The largest absolute Gasteiger partial charge is 0.381 e. The van der Waals surface area contributed by atoms with Gasteiger partial charge in [-0.3, -0.25) is 9.59 Å². The number of nitrogens with one attached hydrogen (secondary N) is 1. The highest BCUT2D eigenvalue weighted by molar-refractivity contribution is 5.83. The topological polar surface area (TPSA) is 107 Å². The number of rotatable bonds is 4. The first kappa shape index (κ1) is 16.7. The van der Waals surface area contributed by atoms with Crippen molar-refractivity contribution in [1.82, 2.24) is 5.32 Å². The molecule has 130 valence electrons. The molecule has 2 atom stereocenters. The fourth-order valence-corrected chi connectivity index (χ4v) is 4.68. The number of carbonyl (C=O) groups excluding carboxylic acids is 2. The Labute approximate surface area is 137 Å². The summed E-state index contributed by atoms with van der Waals surface area (Å²) in [5, 5.41) is 3.01. The highest BCUT2D eigenvalue weighted by Gasteiger charge is 2.42. The highest BCUT2D eigenvalue weighted by Crippen LogP contribution is 2.42. The van der Waals surface area contributed by atoms with Gasteiger partial charge in [0.15, 0.2) is 0 Å². The zero-order valence-corrected chi connectivity index (χ0v) is 13.8. The Morgan fingerprint density at radius 2 is 1.74 bits per heavy atom. The van der Waals surface area contributed by atoms with E-state index < -0.39 is 5.41 Å². The average Bonchev–Trinajstić information content (AvgIpc) is 2.53. The molecule has 2 unspecified atom stereocenters. The third-order valence-corrected chi connectivity index (χ3v) is 6.36. The van der Waals surface area contributed by atoms with Crippen molar-refractivity contribution < 1.29 is 14.3 Å². The van der Waals surface area contributed by atoms with Crippen LogP contribution in [0.4, 0.5) is 0 Å². The van der Waals surface area contributed by atoms with Crippen molar-refractivity contribution >= 4 is 11.8 Å². The molecule has 0 aromatic rings. The van der Waals surface area contributed by atoms with Crippen molar-refractivity contribution in [2.24, 2.45) is 34.6 Å². The number of ether oxygens (including phenoxy) is 1. The summed E-state index contributed by atoms with van der Waals surface area (Å²) in [6, 6.07) is 0.264. The summed E-state index contributed by atoms with van der Waals surface area (Å²) >= 11 is 0. The van der Waals surface area contributed by atoms with E-state index in [-0.39, 0.29) is 23.8 Å². The van der Waals surface area contributed by atoms with E-state index >= 15 is 0 Å². The summed E-state index contributed by atoms with van der Waals surface area (Å²) in [5.74, 6) is 0.734. The van der Waals surface area contributed by atoms with Gasteiger partial charge in [-0.2, -0.15) is 0 Å². The number of carbonyl (C=O) groups is 2. The molecule has 2 bridgehead atoms. The first-order valence-electron chi connectivity index (χ1n) is 8.93. The lowest BCUT2D eigenvalue weighted by atomic mass is 9.65. The maximum absolute atomic E-state index is 12.6. The number of nitrogens with two attached hydrogens (primary N) is 2. The molecule has 2 saturated carbocycles. The van der Waals surface area contributed by atoms with Crippen molar-refractivity contribution in [3.05, 3.63) is 0 Å². The van der Waals surface area contributed by atoms with Crippen molar-refractivity contribution in [3.8, 4) is 0 Å². The second-order valence-corrected chi connectivity index (χ2v) is 7.67. The summed E-state index contributed by atoms with van der Waals surface area (Å²) in [6.07, 6.45) is 6.47. The van der Waals surface area contributed by atoms with Gasteiger partial charge in [0.2, 0.25) is 11.8 Å². The van der Waals surface area contributed by atoms with Crippen LogP contribution in [0.15, 0.2) is 0 Å². The lowest BCUT2D eigenvalue weighted by Crippen LogP contribution is -2.52. The van der Waals surface area contributed by atoms with E-state index in [4.69, 9.17) is 16.2 Å². The van der Waals surface area contributed by atoms with Crippen LogP contribution in [0.1, 0.15) is 44.9 Å². The van der Waals surface area contributed by atoms with E-state index in [1.165, 1.54) is 6.42 Å². The second kappa shape index (κ2) is 6.77. The predicted octanol–water partition coefficient (Wildman–Crippen LogP) is 0.538. The number of fused-ring (bicyclic) bond motifs is 2. The molecule has 0 aromatic heterocycles. The first-order valence-corrected chi connectivity index (χ1v) is 8.93. The Morgan fingerprint density at radius 1 is 1.13 bits per heavy atom. The molecule has 3 aliphatic rings. The van der Waals surface area contributed by atoms with Crippen molar-refractivity contribution in [1.29, 1.82) is 0 Å². The van der Waals surface area contributed by atoms with Gasteiger partial charge < -0.3 is 21.5 Å². The molecule has 23 heavy (non-hydrogen) atoms. The highest BCUT2D eigenvalue weighted by atomic mass is 16.5.